The first-order chi connectivity index (χ1) is 9.11. The fourth-order valence-corrected chi connectivity index (χ4v) is 1.90. The van der Waals surface area contributed by atoms with E-state index in [2.05, 4.69) is 18.8 Å². The zero-order valence-corrected chi connectivity index (χ0v) is 11.6. The Morgan fingerprint density at radius 2 is 2.05 bits per heavy atom. The minimum Gasteiger partial charge on any atom is -0.496 e. The molecule has 1 unspecified atom stereocenters. The minimum atomic E-state index is -0.112. The highest BCUT2D eigenvalue weighted by Crippen LogP contribution is 2.23. The molecular formula is C15H20N2O2. The second-order valence-corrected chi connectivity index (χ2v) is 4.91. The standard InChI is InChI=1S/C15H20N2O2/c1-10(2)15(16)13-9-17-14(19-13)8-11-6-4-5-7-12(11)18-3/h4-7,9-10,15H,8,16H2,1-3H3. The molecule has 0 fully saturated rings. The average molecular weight is 260 g/mol. The van der Waals surface area contributed by atoms with Crippen LogP contribution in [0, 0.1) is 5.92 Å². The Kier molecular flexibility index (Phi) is 4.22. The van der Waals surface area contributed by atoms with Crippen LogP contribution in [-0.2, 0) is 6.42 Å². The number of ether oxygens (including phenoxy) is 1. The predicted molar refractivity (Wildman–Crippen MR) is 74.1 cm³/mol. The van der Waals surface area contributed by atoms with Crippen molar-refractivity contribution < 1.29 is 9.15 Å². The molecule has 2 rings (SSSR count). The Morgan fingerprint density at radius 1 is 1.32 bits per heavy atom. The van der Waals surface area contributed by atoms with Crippen LogP contribution >= 0.6 is 0 Å². The number of nitrogens with two attached hydrogens (primary N) is 1. The van der Waals surface area contributed by atoms with E-state index in [0.717, 1.165) is 17.1 Å². The Balaban J connectivity index is 2.16. The Morgan fingerprint density at radius 3 is 2.74 bits per heavy atom. The molecule has 1 aromatic carbocycles. The molecule has 0 aliphatic rings. The van der Waals surface area contributed by atoms with Gasteiger partial charge in [-0.3, -0.25) is 0 Å². The lowest BCUT2D eigenvalue weighted by molar-refractivity contribution is 0.380. The van der Waals surface area contributed by atoms with Crippen LogP contribution in [0.25, 0.3) is 0 Å². The first-order valence-corrected chi connectivity index (χ1v) is 6.44. The van der Waals surface area contributed by atoms with E-state index < -0.39 is 0 Å². The van der Waals surface area contributed by atoms with Crippen molar-refractivity contribution in [2.24, 2.45) is 11.7 Å². The number of aromatic nitrogens is 1. The van der Waals surface area contributed by atoms with Crippen molar-refractivity contribution in [1.82, 2.24) is 4.98 Å². The van der Waals surface area contributed by atoms with Gasteiger partial charge in [0.15, 0.2) is 5.89 Å². The van der Waals surface area contributed by atoms with Crippen molar-refractivity contribution >= 4 is 0 Å². The van der Waals surface area contributed by atoms with Crippen molar-refractivity contribution in [1.29, 1.82) is 0 Å². The minimum absolute atomic E-state index is 0.112. The van der Waals surface area contributed by atoms with Crippen molar-refractivity contribution in [2.45, 2.75) is 26.3 Å². The highest BCUT2D eigenvalue weighted by atomic mass is 16.5. The fraction of sp³-hybridized carbons (Fsp3) is 0.400. The molecule has 0 aliphatic carbocycles. The summed E-state index contributed by atoms with van der Waals surface area (Å²) < 4.78 is 11.0. The van der Waals surface area contributed by atoms with Gasteiger partial charge in [-0.2, -0.15) is 0 Å². The summed E-state index contributed by atoms with van der Waals surface area (Å²) in [7, 11) is 1.66. The molecule has 19 heavy (non-hydrogen) atoms. The molecule has 0 radical (unpaired) electrons. The number of rotatable bonds is 5. The van der Waals surface area contributed by atoms with E-state index in [1.165, 1.54) is 0 Å². The van der Waals surface area contributed by atoms with Gasteiger partial charge >= 0.3 is 0 Å². The van der Waals surface area contributed by atoms with Crippen LogP contribution in [0.15, 0.2) is 34.9 Å². The third kappa shape index (κ3) is 3.15. The van der Waals surface area contributed by atoms with Gasteiger partial charge in [0.05, 0.1) is 25.8 Å². The van der Waals surface area contributed by atoms with Crippen molar-refractivity contribution in [3.8, 4) is 5.75 Å². The molecule has 0 bridgehead atoms. The second-order valence-electron chi connectivity index (χ2n) is 4.91. The van der Waals surface area contributed by atoms with Crippen LogP contribution in [0.4, 0.5) is 0 Å². The van der Waals surface area contributed by atoms with Gasteiger partial charge in [-0.05, 0) is 12.0 Å². The van der Waals surface area contributed by atoms with Crippen LogP contribution in [0.2, 0.25) is 0 Å². The Bertz CT molecular complexity index is 534. The largest absolute Gasteiger partial charge is 0.496 e. The first-order valence-electron chi connectivity index (χ1n) is 6.44. The molecule has 1 atom stereocenters. The maximum absolute atomic E-state index is 6.04. The SMILES string of the molecule is COc1ccccc1Cc1ncc(C(N)C(C)C)o1. The summed E-state index contributed by atoms with van der Waals surface area (Å²) in [5, 5.41) is 0. The van der Waals surface area contributed by atoms with Gasteiger partial charge in [0.25, 0.3) is 0 Å². The number of para-hydroxylation sites is 1. The van der Waals surface area contributed by atoms with Crippen LogP contribution in [0.1, 0.15) is 37.1 Å². The summed E-state index contributed by atoms with van der Waals surface area (Å²) in [5.74, 6) is 2.57. The van der Waals surface area contributed by atoms with E-state index in [9.17, 15) is 0 Å². The van der Waals surface area contributed by atoms with Crippen LogP contribution in [-0.4, -0.2) is 12.1 Å². The highest BCUT2D eigenvalue weighted by molar-refractivity contribution is 5.35. The number of nitrogens with zero attached hydrogens (tertiary/aromatic N) is 1. The third-order valence-corrected chi connectivity index (χ3v) is 3.15. The average Bonchev–Trinajstić information content (AvgIpc) is 2.87. The molecule has 0 spiro atoms. The van der Waals surface area contributed by atoms with E-state index >= 15 is 0 Å². The molecule has 2 aromatic rings. The molecule has 1 heterocycles. The molecule has 0 saturated carbocycles. The molecule has 2 N–H and O–H groups in total. The fourth-order valence-electron chi connectivity index (χ4n) is 1.90. The highest BCUT2D eigenvalue weighted by Gasteiger charge is 2.16. The Labute approximate surface area is 113 Å². The van der Waals surface area contributed by atoms with Gasteiger partial charge in [0, 0.05) is 5.56 Å². The van der Waals surface area contributed by atoms with E-state index in [1.807, 2.05) is 24.3 Å². The van der Waals surface area contributed by atoms with Gasteiger partial charge in [0.2, 0.25) is 0 Å². The number of hydrogen-bond donors (Lipinski definition) is 1. The second kappa shape index (κ2) is 5.89. The van der Waals surface area contributed by atoms with Gasteiger partial charge in [-0.1, -0.05) is 32.0 Å². The maximum Gasteiger partial charge on any atom is 0.199 e. The zero-order chi connectivity index (χ0) is 13.8. The lowest BCUT2D eigenvalue weighted by Gasteiger charge is -2.11. The number of hydrogen-bond acceptors (Lipinski definition) is 4. The summed E-state index contributed by atoms with van der Waals surface area (Å²) in [6.07, 6.45) is 2.32. The first kappa shape index (κ1) is 13.6. The lowest BCUT2D eigenvalue weighted by atomic mass is 10.0. The number of benzene rings is 1. The molecular weight excluding hydrogens is 240 g/mol. The summed E-state index contributed by atoms with van der Waals surface area (Å²) in [5.41, 5.74) is 7.09. The molecule has 4 nitrogen and oxygen atoms in total. The van der Waals surface area contributed by atoms with Gasteiger partial charge in [-0.25, -0.2) is 4.98 Å². The third-order valence-electron chi connectivity index (χ3n) is 3.15. The number of methoxy groups -OCH3 is 1. The zero-order valence-electron chi connectivity index (χ0n) is 11.6. The van der Waals surface area contributed by atoms with Crippen LogP contribution in [0.3, 0.4) is 0 Å². The monoisotopic (exact) mass is 260 g/mol. The van der Waals surface area contributed by atoms with E-state index in [4.69, 9.17) is 14.9 Å². The maximum atomic E-state index is 6.04. The van der Waals surface area contributed by atoms with E-state index in [0.29, 0.717) is 18.2 Å². The van der Waals surface area contributed by atoms with E-state index in [-0.39, 0.29) is 6.04 Å². The quantitative estimate of drug-likeness (QED) is 0.897. The smallest absolute Gasteiger partial charge is 0.199 e. The molecule has 0 amide bonds. The Hall–Kier alpha value is -1.81. The lowest BCUT2D eigenvalue weighted by Crippen LogP contribution is -2.15. The molecule has 0 saturated heterocycles. The normalized spacial score (nSPS) is 12.7. The van der Waals surface area contributed by atoms with Crippen molar-refractivity contribution in [3.63, 3.8) is 0 Å². The molecule has 1 aromatic heterocycles. The predicted octanol–water partition coefficient (Wildman–Crippen LogP) is 2.93. The van der Waals surface area contributed by atoms with E-state index in [1.54, 1.807) is 13.3 Å². The van der Waals surface area contributed by atoms with Crippen molar-refractivity contribution in [3.05, 3.63) is 47.7 Å². The van der Waals surface area contributed by atoms with Gasteiger partial charge in [0.1, 0.15) is 11.5 Å². The summed E-state index contributed by atoms with van der Waals surface area (Å²) in [6, 6.07) is 7.74. The van der Waals surface area contributed by atoms with Crippen LogP contribution < -0.4 is 10.5 Å². The van der Waals surface area contributed by atoms with Crippen LogP contribution in [0.5, 0.6) is 5.75 Å². The summed E-state index contributed by atoms with van der Waals surface area (Å²) in [6.45, 7) is 4.13. The summed E-state index contributed by atoms with van der Waals surface area (Å²) in [4.78, 5) is 4.29. The molecule has 102 valence electrons. The molecule has 4 heteroatoms. The summed E-state index contributed by atoms with van der Waals surface area (Å²) >= 11 is 0. The topological polar surface area (TPSA) is 61.3 Å². The number of oxazole rings is 1. The van der Waals surface area contributed by atoms with Gasteiger partial charge in [-0.15, -0.1) is 0 Å². The van der Waals surface area contributed by atoms with Crippen molar-refractivity contribution in [2.75, 3.05) is 7.11 Å². The van der Waals surface area contributed by atoms with Gasteiger partial charge < -0.3 is 14.9 Å². The molecule has 0 aliphatic heterocycles.